The van der Waals surface area contributed by atoms with Crippen LogP contribution >= 0.6 is 0 Å². The third-order valence-electron chi connectivity index (χ3n) is 4.46. The predicted octanol–water partition coefficient (Wildman–Crippen LogP) is 1.94. The topological polar surface area (TPSA) is 59.0 Å². The second kappa shape index (κ2) is 7.42. The Kier molecular flexibility index (Phi) is 5.08. The molecule has 23 heavy (non-hydrogen) atoms. The van der Waals surface area contributed by atoms with Gasteiger partial charge in [0.15, 0.2) is 0 Å². The number of piperidine rings is 1. The number of carbonyl (C=O) groups is 1. The zero-order valence-electron chi connectivity index (χ0n) is 13.5. The number of nitrogens with one attached hydrogen (secondary N) is 2. The monoisotopic (exact) mass is 312 g/mol. The molecule has 2 atom stereocenters. The van der Waals surface area contributed by atoms with Gasteiger partial charge in [-0.15, -0.1) is 0 Å². The van der Waals surface area contributed by atoms with Crippen LogP contribution in [0.4, 0.5) is 0 Å². The Morgan fingerprint density at radius 1 is 1.35 bits per heavy atom. The molecule has 5 nitrogen and oxygen atoms in total. The Morgan fingerprint density at radius 3 is 2.91 bits per heavy atom. The highest BCUT2D eigenvalue weighted by molar-refractivity contribution is 5.78. The van der Waals surface area contributed by atoms with E-state index in [0.29, 0.717) is 12.6 Å². The maximum Gasteiger partial charge on any atom is 0.223 e. The summed E-state index contributed by atoms with van der Waals surface area (Å²) in [4.78, 5) is 12.4. The highest BCUT2D eigenvalue weighted by Crippen LogP contribution is 2.17. The summed E-state index contributed by atoms with van der Waals surface area (Å²) in [7, 11) is 0. The zero-order chi connectivity index (χ0) is 16.1. The van der Waals surface area contributed by atoms with Crippen LogP contribution in [-0.2, 0) is 17.9 Å². The minimum absolute atomic E-state index is 0.129. The number of amides is 1. The molecule has 1 aliphatic rings. The number of carbonyl (C=O) groups excluding carboxylic acids is 1. The third-order valence-corrected chi connectivity index (χ3v) is 4.46. The minimum atomic E-state index is 0.129. The van der Waals surface area contributed by atoms with E-state index in [9.17, 15) is 4.79 Å². The largest absolute Gasteiger partial charge is 0.352 e. The molecule has 1 aliphatic heterocycles. The molecule has 1 saturated heterocycles. The van der Waals surface area contributed by atoms with Gasteiger partial charge in [0, 0.05) is 30.9 Å². The van der Waals surface area contributed by atoms with Crippen molar-refractivity contribution in [2.45, 2.75) is 38.9 Å². The van der Waals surface area contributed by atoms with Gasteiger partial charge in [-0.25, -0.2) is 0 Å². The molecule has 0 saturated carbocycles. The van der Waals surface area contributed by atoms with Crippen LogP contribution < -0.4 is 10.6 Å². The van der Waals surface area contributed by atoms with Crippen molar-refractivity contribution in [1.29, 1.82) is 0 Å². The molecule has 3 rings (SSSR count). The molecule has 5 heteroatoms. The van der Waals surface area contributed by atoms with Crippen LogP contribution in [0.3, 0.4) is 0 Å². The van der Waals surface area contributed by atoms with Crippen molar-refractivity contribution in [3.63, 3.8) is 0 Å². The van der Waals surface area contributed by atoms with Crippen LogP contribution in [0.15, 0.2) is 42.7 Å². The predicted molar refractivity (Wildman–Crippen MR) is 89.8 cm³/mol. The van der Waals surface area contributed by atoms with Crippen LogP contribution in [0.2, 0.25) is 0 Å². The van der Waals surface area contributed by atoms with Crippen molar-refractivity contribution in [2.24, 2.45) is 5.92 Å². The summed E-state index contributed by atoms with van der Waals surface area (Å²) in [6.07, 6.45) is 5.57. The first-order chi connectivity index (χ1) is 11.2. The SMILES string of the molecule is C[C@H]1C[C@@H](C(=O)NCc2ccccc2Cn2cccn2)CCN1. The van der Waals surface area contributed by atoms with E-state index in [4.69, 9.17) is 0 Å². The van der Waals surface area contributed by atoms with E-state index in [2.05, 4.69) is 34.8 Å². The van der Waals surface area contributed by atoms with Crippen LogP contribution in [0.1, 0.15) is 30.9 Å². The second-order valence-electron chi connectivity index (χ2n) is 6.27. The average Bonchev–Trinajstić information content (AvgIpc) is 3.07. The molecule has 2 aromatic rings. The molecule has 2 heterocycles. The first kappa shape index (κ1) is 15.7. The fourth-order valence-corrected chi connectivity index (χ4v) is 3.15. The summed E-state index contributed by atoms with van der Waals surface area (Å²) in [6, 6.07) is 10.5. The molecule has 122 valence electrons. The Morgan fingerprint density at radius 2 is 2.17 bits per heavy atom. The van der Waals surface area contributed by atoms with Crippen molar-refractivity contribution >= 4 is 5.91 Å². The van der Waals surface area contributed by atoms with Gasteiger partial charge in [-0.2, -0.15) is 5.10 Å². The zero-order valence-corrected chi connectivity index (χ0v) is 13.5. The number of hydrogen-bond acceptors (Lipinski definition) is 3. The molecular formula is C18H24N4O. The molecule has 1 aromatic carbocycles. The molecular weight excluding hydrogens is 288 g/mol. The molecule has 0 bridgehead atoms. The van der Waals surface area contributed by atoms with E-state index in [1.807, 2.05) is 29.1 Å². The maximum atomic E-state index is 12.4. The maximum absolute atomic E-state index is 12.4. The highest BCUT2D eigenvalue weighted by atomic mass is 16.1. The van der Waals surface area contributed by atoms with E-state index < -0.39 is 0 Å². The van der Waals surface area contributed by atoms with Gasteiger partial charge in [-0.1, -0.05) is 24.3 Å². The van der Waals surface area contributed by atoms with Gasteiger partial charge in [0.1, 0.15) is 0 Å². The molecule has 0 aliphatic carbocycles. The third kappa shape index (κ3) is 4.20. The molecule has 0 spiro atoms. The number of aromatic nitrogens is 2. The molecule has 1 aromatic heterocycles. The lowest BCUT2D eigenvalue weighted by Crippen LogP contribution is -2.42. The molecule has 1 amide bonds. The van der Waals surface area contributed by atoms with E-state index in [1.165, 1.54) is 5.56 Å². The van der Waals surface area contributed by atoms with Gasteiger partial charge >= 0.3 is 0 Å². The molecule has 2 N–H and O–H groups in total. The smallest absolute Gasteiger partial charge is 0.223 e. The van der Waals surface area contributed by atoms with E-state index in [0.717, 1.165) is 31.5 Å². The van der Waals surface area contributed by atoms with Crippen LogP contribution in [0, 0.1) is 5.92 Å². The van der Waals surface area contributed by atoms with E-state index in [-0.39, 0.29) is 11.8 Å². The van der Waals surface area contributed by atoms with Gasteiger partial charge in [0.2, 0.25) is 5.91 Å². The lowest BCUT2D eigenvalue weighted by atomic mass is 9.92. The van der Waals surface area contributed by atoms with Gasteiger partial charge in [-0.05, 0) is 43.5 Å². The number of rotatable bonds is 5. The lowest BCUT2D eigenvalue weighted by molar-refractivity contribution is -0.126. The Bertz CT molecular complexity index is 638. The molecule has 0 radical (unpaired) electrons. The quantitative estimate of drug-likeness (QED) is 0.887. The van der Waals surface area contributed by atoms with Crippen molar-refractivity contribution in [3.05, 3.63) is 53.9 Å². The number of nitrogens with zero attached hydrogens (tertiary/aromatic N) is 2. The lowest BCUT2D eigenvalue weighted by Gasteiger charge is -2.27. The Balaban J connectivity index is 1.60. The van der Waals surface area contributed by atoms with E-state index >= 15 is 0 Å². The van der Waals surface area contributed by atoms with Crippen molar-refractivity contribution in [3.8, 4) is 0 Å². The minimum Gasteiger partial charge on any atom is -0.352 e. The van der Waals surface area contributed by atoms with Crippen LogP contribution in [-0.4, -0.2) is 28.3 Å². The first-order valence-electron chi connectivity index (χ1n) is 8.27. The summed E-state index contributed by atoms with van der Waals surface area (Å²) >= 11 is 0. The summed E-state index contributed by atoms with van der Waals surface area (Å²) in [6.45, 7) is 4.37. The molecule has 0 unspecified atom stereocenters. The normalized spacial score (nSPS) is 21.1. The molecule has 1 fully saturated rings. The van der Waals surface area contributed by atoms with Crippen molar-refractivity contribution in [2.75, 3.05) is 6.54 Å². The Hall–Kier alpha value is -2.14. The summed E-state index contributed by atoms with van der Waals surface area (Å²) < 4.78 is 1.90. The van der Waals surface area contributed by atoms with Crippen LogP contribution in [0.25, 0.3) is 0 Å². The highest BCUT2D eigenvalue weighted by Gasteiger charge is 2.24. The number of benzene rings is 1. The fourth-order valence-electron chi connectivity index (χ4n) is 3.15. The van der Waals surface area contributed by atoms with Gasteiger partial charge in [0.05, 0.1) is 6.54 Å². The van der Waals surface area contributed by atoms with Gasteiger partial charge < -0.3 is 10.6 Å². The van der Waals surface area contributed by atoms with Gasteiger partial charge in [0.25, 0.3) is 0 Å². The van der Waals surface area contributed by atoms with Crippen molar-refractivity contribution in [1.82, 2.24) is 20.4 Å². The Labute approximate surface area is 137 Å². The summed E-state index contributed by atoms with van der Waals surface area (Å²) in [5, 5.41) is 10.7. The van der Waals surface area contributed by atoms with Gasteiger partial charge in [-0.3, -0.25) is 9.48 Å². The average molecular weight is 312 g/mol. The second-order valence-corrected chi connectivity index (χ2v) is 6.27. The first-order valence-corrected chi connectivity index (χ1v) is 8.27. The fraction of sp³-hybridized carbons (Fsp3) is 0.444. The number of hydrogen-bond donors (Lipinski definition) is 2. The standard InChI is InChI=1S/C18H24N4O/c1-14-11-15(7-9-19-14)18(23)20-12-16-5-2-3-6-17(16)13-22-10-4-8-21-22/h2-6,8,10,14-15,19H,7,9,11-13H2,1H3,(H,20,23)/t14-,15-/m0/s1. The summed E-state index contributed by atoms with van der Waals surface area (Å²) in [5.74, 6) is 0.303. The van der Waals surface area contributed by atoms with Crippen LogP contribution in [0.5, 0.6) is 0 Å². The van der Waals surface area contributed by atoms with Crippen molar-refractivity contribution < 1.29 is 4.79 Å². The van der Waals surface area contributed by atoms with E-state index in [1.54, 1.807) is 6.20 Å². The summed E-state index contributed by atoms with van der Waals surface area (Å²) in [5.41, 5.74) is 2.34.